The molecule has 5 nitrogen and oxygen atoms in total. The molecule has 0 aliphatic carbocycles. The molecule has 5 heteroatoms. The Morgan fingerprint density at radius 2 is 1.55 bits per heavy atom. The predicted molar refractivity (Wildman–Crippen MR) is 41.3 cm³/mol. The van der Waals surface area contributed by atoms with E-state index in [1.807, 2.05) is 0 Å². The van der Waals surface area contributed by atoms with E-state index >= 15 is 0 Å². The highest BCUT2D eigenvalue weighted by Gasteiger charge is 2.23. The van der Waals surface area contributed by atoms with E-state index in [2.05, 4.69) is 15.7 Å². The minimum absolute atomic E-state index is 0.166. The molecule has 0 aromatic rings. The summed E-state index contributed by atoms with van der Waals surface area (Å²) in [4.78, 5) is 19.7. The minimum atomic E-state index is 0.166. The van der Waals surface area contributed by atoms with E-state index in [1.54, 1.807) is 0 Å². The van der Waals surface area contributed by atoms with Crippen molar-refractivity contribution in [1.29, 1.82) is 0 Å². The first-order chi connectivity index (χ1) is 5.36. The molecule has 62 valence electrons. The average molecular weight is 157 g/mol. The fraction of sp³-hybridized carbons (Fsp3) is 1.00. The summed E-state index contributed by atoms with van der Waals surface area (Å²) in [5.74, 6) is 0. The van der Waals surface area contributed by atoms with Gasteiger partial charge in [-0.3, -0.25) is 0 Å². The summed E-state index contributed by atoms with van der Waals surface area (Å²) in [5.41, 5.74) is 0. The predicted octanol–water partition coefficient (Wildman–Crippen LogP) is 0.640. The van der Waals surface area contributed by atoms with Gasteiger partial charge >= 0.3 is 0 Å². The van der Waals surface area contributed by atoms with Gasteiger partial charge in [-0.25, -0.2) is 0 Å². The fourth-order valence-corrected chi connectivity index (χ4v) is 1.37. The van der Waals surface area contributed by atoms with Crippen LogP contribution in [0.1, 0.15) is 12.8 Å². The number of nitrogens with zero attached hydrogens (tertiary/aromatic N) is 2. The Labute approximate surface area is 64.5 Å². The van der Waals surface area contributed by atoms with Crippen LogP contribution in [0.2, 0.25) is 0 Å². The monoisotopic (exact) mass is 157 g/mol. The van der Waals surface area contributed by atoms with Gasteiger partial charge in [0, 0.05) is 12.1 Å². The molecule has 0 aromatic carbocycles. The first kappa shape index (κ1) is 8.26. The topological polar surface area (TPSA) is 70.9 Å². The summed E-state index contributed by atoms with van der Waals surface area (Å²) in [6.45, 7) is 0.602. The molecule has 1 N–H and O–H groups in total. The molecule has 0 radical (unpaired) electrons. The van der Waals surface area contributed by atoms with Gasteiger partial charge in [-0.2, -0.15) is 9.81 Å². The third kappa shape index (κ3) is 2.34. The molecule has 2 unspecified atom stereocenters. The molecule has 1 saturated heterocycles. The van der Waals surface area contributed by atoms with Crippen molar-refractivity contribution in [2.75, 3.05) is 13.1 Å². The standard InChI is InChI=1S/C6H11N3O2/c10-7-3-5-1-2-6(9-5)4-8-11/h5-6,9H,1-4H2. The van der Waals surface area contributed by atoms with Crippen molar-refractivity contribution in [3.63, 3.8) is 0 Å². The van der Waals surface area contributed by atoms with Crippen molar-refractivity contribution in [1.82, 2.24) is 5.32 Å². The Morgan fingerprint density at radius 3 is 1.91 bits per heavy atom. The van der Waals surface area contributed by atoms with Crippen molar-refractivity contribution < 1.29 is 0 Å². The summed E-state index contributed by atoms with van der Waals surface area (Å²) in [5, 5.41) is 8.69. The molecule has 1 aliphatic rings. The lowest BCUT2D eigenvalue weighted by atomic mass is 10.2. The van der Waals surface area contributed by atoms with Crippen LogP contribution in [0.3, 0.4) is 0 Å². The van der Waals surface area contributed by atoms with Crippen molar-refractivity contribution in [2.45, 2.75) is 24.9 Å². The zero-order valence-electron chi connectivity index (χ0n) is 6.19. The number of hydrogen-bond acceptors (Lipinski definition) is 5. The van der Waals surface area contributed by atoms with Crippen LogP contribution in [0.25, 0.3) is 0 Å². The second-order valence-corrected chi connectivity index (χ2v) is 2.76. The van der Waals surface area contributed by atoms with Gasteiger partial charge < -0.3 is 5.32 Å². The van der Waals surface area contributed by atoms with Gasteiger partial charge in [-0.05, 0) is 12.8 Å². The van der Waals surface area contributed by atoms with E-state index < -0.39 is 0 Å². The molecule has 1 heterocycles. The summed E-state index contributed by atoms with van der Waals surface area (Å²) in [6.07, 6.45) is 1.85. The molecular formula is C6H11N3O2. The van der Waals surface area contributed by atoms with Gasteiger partial charge in [0.2, 0.25) is 0 Å². The first-order valence-electron chi connectivity index (χ1n) is 3.71. The molecule has 0 spiro atoms. The van der Waals surface area contributed by atoms with Crippen molar-refractivity contribution in [3.8, 4) is 0 Å². The molecular weight excluding hydrogens is 146 g/mol. The number of nitrogens with one attached hydrogen (secondary N) is 1. The minimum Gasteiger partial charge on any atom is -0.307 e. The lowest BCUT2D eigenvalue weighted by Crippen LogP contribution is -2.32. The van der Waals surface area contributed by atoms with E-state index in [1.165, 1.54) is 0 Å². The SMILES string of the molecule is O=NCC1CCC(CN=O)N1. The van der Waals surface area contributed by atoms with Gasteiger partial charge in [0.1, 0.15) is 0 Å². The van der Waals surface area contributed by atoms with Gasteiger partial charge in [0.25, 0.3) is 0 Å². The molecule has 0 saturated carbocycles. The Kier molecular flexibility index (Phi) is 3.10. The van der Waals surface area contributed by atoms with Crippen LogP contribution in [-0.4, -0.2) is 25.2 Å². The van der Waals surface area contributed by atoms with E-state index in [4.69, 9.17) is 0 Å². The highest BCUT2D eigenvalue weighted by molar-refractivity contribution is 4.85. The molecule has 2 atom stereocenters. The molecule has 0 bridgehead atoms. The maximum atomic E-state index is 9.85. The zero-order valence-corrected chi connectivity index (χ0v) is 6.19. The van der Waals surface area contributed by atoms with Crippen LogP contribution < -0.4 is 5.32 Å². The highest BCUT2D eigenvalue weighted by atomic mass is 16.3. The first-order valence-corrected chi connectivity index (χ1v) is 3.71. The van der Waals surface area contributed by atoms with E-state index in [0.717, 1.165) is 12.8 Å². The zero-order chi connectivity index (χ0) is 8.10. The maximum Gasteiger partial charge on any atom is 0.0964 e. The molecule has 1 rings (SSSR count). The van der Waals surface area contributed by atoms with Crippen LogP contribution in [0, 0.1) is 9.81 Å². The van der Waals surface area contributed by atoms with Crippen LogP contribution in [0.4, 0.5) is 0 Å². The van der Waals surface area contributed by atoms with Crippen LogP contribution >= 0.6 is 0 Å². The number of rotatable bonds is 4. The summed E-state index contributed by atoms with van der Waals surface area (Å²) < 4.78 is 0. The van der Waals surface area contributed by atoms with Crippen molar-refractivity contribution in [2.24, 2.45) is 10.4 Å². The van der Waals surface area contributed by atoms with Gasteiger partial charge in [-0.15, -0.1) is 0 Å². The van der Waals surface area contributed by atoms with Gasteiger partial charge in [0.15, 0.2) is 0 Å². The van der Waals surface area contributed by atoms with Gasteiger partial charge in [0.05, 0.1) is 13.1 Å². The van der Waals surface area contributed by atoms with E-state index in [9.17, 15) is 9.81 Å². The third-order valence-electron chi connectivity index (χ3n) is 1.92. The Morgan fingerprint density at radius 1 is 1.09 bits per heavy atom. The Bertz CT molecular complexity index is 135. The summed E-state index contributed by atoms with van der Waals surface area (Å²) >= 11 is 0. The van der Waals surface area contributed by atoms with Crippen molar-refractivity contribution >= 4 is 0 Å². The van der Waals surface area contributed by atoms with Crippen LogP contribution in [0.5, 0.6) is 0 Å². The second-order valence-electron chi connectivity index (χ2n) is 2.76. The Hall–Kier alpha value is -0.840. The Balaban J connectivity index is 2.22. The highest BCUT2D eigenvalue weighted by Crippen LogP contribution is 2.12. The maximum absolute atomic E-state index is 9.85. The molecule has 0 amide bonds. The average Bonchev–Trinajstić information content (AvgIpc) is 2.38. The summed E-state index contributed by atoms with van der Waals surface area (Å²) in [6, 6.07) is 0.332. The van der Waals surface area contributed by atoms with E-state index in [0.29, 0.717) is 13.1 Å². The second kappa shape index (κ2) is 4.12. The smallest absolute Gasteiger partial charge is 0.0964 e. The number of nitroso groups, excluding NO2 is 2. The van der Waals surface area contributed by atoms with Crippen LogP contribution in [0.15, 0.2) is 10.4 Å². The van der Waals surface area contributed by atoms with Gasteiger partial charge in [-0.1, -0.05) is 10.4 Å². The lowest BCUT2D eigenvalue weighted by Gasteiger charge is -2.07. The molecule has 0 aromatic heterocycles. The fourth-order valence-electron chi connectivity index (χ4n) is 1.37. The molecule has 1 aliphatic heterocycles. The third-order valence-corrected chi connectivity index (χ3v) is 1.92. The quantitative estimate of drug-likeness (QED) is 0.608. The lowest BCUT2D eigenvalue weighted by molar-refractivity contribution is 0.547. The normalized spacial score (nSPS) is 30.2. The van der Waals surface area contributed by atoms with Crippen LogP contribution in [-0.2, 0) is 0 Å². The largest absolute Gasteiger partial charge is 0.307 e. The molecule has 1 fully saturated rings. The van der Waals surface area contributed by atoms with Crippen molar-refractivity contribution in [3.05, 3.63) is 9.81 Å². The molecule has 11 heavy (non-hydrogen) atoms. The van der Waals surface area contributed by atoms with E-state index in [-0.39, 0.29) is 12.1 Å². The summed E-state index contributed by atoms with van der Waals surface area (Å²) in [7, 11) is 0. The number of hydrogen-bond donors (Lipinski definition) is 1.